The van der Waals surface area contributed by atoms with Crippen molar-refractivity contribution in [3.8, 4) is 0 Å². The average Bonchev–Trinajstić information content (AvgIpc) is 3.32. The highest BCUT2D eigenvalue weighted by molar-refractivity contribution is 6.09. The van der Waals surface area contributed by atoms with Crippen molar-refractivity contribution in [1.82, 2.24) is 14.5 Å². The van der Waals surface area contributed by atoms with Crippen LogP contribution in [-0.4, -0.2) is 34.1 Å². The van der Waals surface area contributed by atoms with Crippen LogP contribution in [0.3, 0.4) is 0 Å². The van der Waals surface area contributed by atoms with Crippen molar-refractivity contribution in [3.63, 3.8) is 0 Å². The molecule has 1 aliphatic heterocycles. The minimum Gasteiger partial charge on any atom is -0.345 e. The molecule has 3 aromatic rings. The highest BCUT2D eigenvalue weighted by atomic mass is 19.3. The van der Waals surface area contributed by atoms with Gasteiger partial charge in [0.05, 0.1) is 0 Å². The van der Waals surface area contributed by atoms with Gasteiger partial charge in [0.15, 0.2) is 0 Å². The van der Waals surface area contributed by atoms with E-state index in [9.17, 15) is 13.6 Å². The van der Waals surface area contributed by atoms with Gasteiger partial charge in [-0.15, -0.1) is 0 Å². The Balaban J connectivity index is 1.54. The number of aryl methyl sites for hydroxylation is 2. The quantitative estimate of drug-likeness (QED) is 0.480. The molecule has 3 heterocycles. The van der Waals surface area contributed by atoms with E-state index in [4.69, 9.17) is 0 Å². The molecule has 0 saturated carbocycles. The van der Waals surface area contributed by atoms with Crippen LogP contribution >= 0.6 is 0 Å². The van der Waals surface area contributed by atoms with Gasteiger partial charge in [-0.2, -0.15) is 0 Å². The molecule has 1 aliphatic rings. The van der Waals surface area contributed by atoms with Gasteiger partial charge in [0.2, 0.25) is 5.56 Å². The molecule has 30 heavy (non-hydrogen) atoms. The van der Waals surface area contributed by atoms with E-state index in [1.165, 1.54) is 51.7 Å². The molecule has 4 nitrogen and oxygen atoms in total. The maximum absolute atomic E-state index is 13.7. The second-order valence-electron chi connectivity index (χ2n) is 8.60. The summed E-state index contributed by atoms with van der Waals surface area (Å²) in [5.74, 6) is 0. The molecular weight excluding hydrogens is 384 g/mol. The van der Waals surface area contributed by atoms with Gasteiger partial charge in [0.25, 0.3) is 6.43 Å². The normalized spacial score (nSPS) is 15.2. The van der Waals surface area contributed by atoms with Gasteiger partial charge in [-0.05, 0) is 76.9 Å². The number of pyridine rings is 1. The van der Waals surface area contributed by atoms with Crippen LogP contribution in [0.5, 0.6) is 0 Å². The molecule has 0 amide bonds. The van der Waals surface area contributed by atoms with E-state index in [1.807, 2.05) is 13.0 Å². The first-order chi connectivity index (χ1) is 14.5. The van der Waals surface area contributed by atoms with Crippen molar-refractivity contribution < 1.29 is 8.78 Å². The van der Waals surface area contributed by atoms with Crippen LogP contribution in [-0.2, 0) is 6.54 Å². The lowest BCUT2D eigenvalue weighted by molar-refractivity contribution is 0.153. The van der Waals surface area contributed by atoms with E-state index in [0.29, 0.717) is 10.9 Å². The lowest BCUT2D eigenvalue weighted by Gasteiger charge is -2.14. The first kappa shape index (κ1) is 21.0. The molecule has 0 radical (unpaired) electrons. The van der Waals surface area contributed by atoms with Gasteiger partial charge < -0.3 is 14.5 Å². The van der Waals surface area contributed by atoms with Gasteiger partial charge in [0.1, 0.15) is 0 Å². The fourth-order valence-electron chi connectivity index (χ4n) is 4.97. The Bertz CT molecular complexity index is 1090. The molecule has 2 aromatic heterocycles. The predicted octanol–water partition coefficient (Wildman–Crippen LogP) is 5.69. The van der Waals surface area contributed by atoms with E-state index >= 15 is 0 Å². The summed E-state index contributed by atoms with van der Waals surface area (Å²) in [7, 11) is 0. The average molecular weight is 416 g/mol. The Hall–Kier alpha value is -2.21. The topological polar surface area (TPSA) is 41.0 Å². The molecule has 0 atom stereocenters. The lowest BCUT2D eigenvalue weighted by atomic mass is 10.0. The second kappa shape index (κ2) is 8.88. The number of halogens is 2. The predicted molar refractivity (Wildman–Crippen MR) is 119 cm³/mol. The van der Waals surface area contributed by atoms with Crippen molar-refractivity contribution >= 4 is 21.8 Å². The maximum Gasteiger partial charge on any atom is 0.264 e. The summed E-state index contributed by atoms with van der Waals surface area (Å²) in [5, 5.41) is 1.32. The highest BCUT2D eigenvalue weighted by Crippen LogP contribution is 2.36. The first-order valence-electron chi connectivity index (χ1n) is 11.1. The van der Waals surface area contributed by atoms with E-state index in [0.717, 1.165) is 41.2 Å². The number of likely N-dealkylation sites (tertiary alicyclic amines) is 1. The number of aromatic nitrogens is 2. The molecule has 6 heteroatoms. The van der Waals surface area contributed by atoms with E-state index in [1.54, 1.807) is 6.07 Å². The Morgan fingerprint density at radius 2 is 1.70 bits per heavy atom. The minimum absolute atomic E-state index is 0.179. The Labute approximate surface area is 175 Å². The Morgan fingerprint density at radius 3 is 2.40 bits per heavy atom. The van der Waals surface area contributed by atoms with Crippen LogP contribution < -0.4 is 5.56 Å². The zero-order chi connectivity index (χ0) is 21.3. The van der Waals surface area contributed by atoms with Gasteiger partial charge in [-0.1, -0.05) is 12.8 Å². The van der Waals surface area contributed by atoms with Gasteiger partial charge in [0, 0.05) is 45.7 Å². The van der Waals surface area contributed by atoms with E-state index in [2.05, 4.69) is 21.4 Å². The smallest absolute Gasteiger partial charge is 0.264 e. The molecule has 162 valence electrons. The van der Waals surface area contributed by atoms with Crippen LogP contribution in [0.4, 0.5) is 8.78 Å². The second-order valence-corrected chi connectivity index (χ2v) is 8.60. The molecule has 0 spiro atoms. The zero-order valence-corrected chi connectivity index (χ0v) is 17.9. The third kappa shape index (κ3) is 4.02. The highest BCUT2D eigenvalue weighted by Gasteiger charge is 2.20. The Morgan fingerprint density at radius 1 is 1.00 bits per heavy atom. The van der Waals surface area contributed by atoms with Crippen LogP contribution in [0.2, 0.25) is 0 Å². The molecule has 0 aliphatic carbocycles. The summed E-state index contributed by atoms with van der Waals surface area (Å²) in [5.41, 5.74) is 2.91. The molecule has 0 unspecified atom stereocenters. The number of unbranched alkanes of at least 4 members (excludes halogenated alkanes) is 3. The van der Waals surface area contributed by atoms with Crippen molar-refractivity contribution in [3.05, 3.63) is 45.4 Å². The fourth-order valence-corrected chi connectivity index (χ4v) is 4.97. The number of aromatic amines is 1. The third-order valence-electron chi connectivity index (χ3n) is 6.67. The molecule has 1 fully saturated rings. The monoisotopic (exact) mass is 415 g/mol. The van der Waals surface area contributed by atoms with Crippen LogP contribution in [0, 0.1) is 13.8 Å². The van der Waals surface area contributed by atoms with Crippen molar-refractivity contribution in [2.24, 2.45) is 0 Å². The Kier molecular flexibility index (Phi) is 6.23. The van der Waals surface area contributed by atoms with Gasteiger partial charge in [-0.3, -0.25) is 4.79 Å². The largest absolute Gasteiger partial charge is 0.345 e. The molecule has 0 bridgehead atoms. The molecule has 1 N–H and O–H groups in total. The summed E-state index contributed by atoms with van der Waals surface area (Å²) in [6, 6.07) is 4.76. The third-order valence-corrected chi connectivity index (χ3v) is 6.67. The number of hydrogen-bond donors (Lipinski definition) is 1. The van der Waals surface area contributed by atoms with E-state index < -0.39 is 12.0 Å². The summed E-state index contributed by atoms with van der Waals surface area (Å²) in [4.78, 5) is 17.1. The number of H-pyrrole nitrogens is 1. The summed E-state index contributed by atoms with van der Waals surface area (Å²) >= 11 is 0. The number of alkyl halides is 2. The molecule has 1 aromatic carbocycles. The van der Waals surface area contributed by atoms with Crippen LogP contribution in [0.25, 0.3) is 21.8 Å². The number of nitrogens with zero attached hydrogens (tertiary/aromatic N) is 2. The minimum atomic E-state index is -2.68. The summed E-state index contributed by atoms with van der Waals surface area (Å²) in [6.07, 6.45) is 4.74. The summed E-state index contributed by atoms with van der Waals surface area (Å²) in [6.45, 7) is 8.66. The SMILES string of the molecule is Cc1c(C)n(CCCCCCN2CCCC2)c2ccc3[nH]c(=O)cc(C(F)F)c3c12. The fraction of sp³-hybridized carbons (Fsp3) is 0.542. The molecule has 1 saturated heterocycles. The maximum atomic E-state index is 13.7. The lowest BCUT2D eigenvalue weighted by Crippen LogP contribution is -2.20. The number of hydrogen-bond acceptors (Lipinski definition) is 2. The van der Waals surface area contributed by atoms with Crippen molar-refractivity contribution in [2.75, 3.05) is 19.6 Å². The number of nitrogens with one attached hydrogen (secondary N) is 1. The van der Waals surface area contributed by atoms with Crippen molar-refractivity contribution in [2.45, 2.75) is 65.3 Å². The number of rotatable bonds is 8. The first-order valence-corrected chi connectivity index (χ1v) is 11.1. The number of benzene rings is 1. The van der Waals surface area contributed by atoms with Crippen LogP contribution in [0.1, 0.15) is 61.8 Å². The molecule has 4 rings (SSSR count). The molecular formula is C24H31F2N3O. The number of fused-ring (bicyclic) bond motifs is 3. The van der Waals surface area contributed by atoms with Crippen LogP contribution in [0.15, 0.2) is 23.0 Å². The van der Waals surface area contributed by atoms with Gasteiger partial charge in [-0.25, -0.2) is 8.78 Å². The standard InChI is InChI=1S/C24H31F2N3O/c1-16-17(2)29(14-6-4-3-5-11-28-12-7-8-13-28)20-10-9-19-23(22(16)20)18(24(25)26)15-21(30)27-19/h9-10,15,24H,3-8,11-14H2,1-2H3,(H,27,30). The van der Waals surface area contributed by atoms with Gasteiger partial charge >= 0.3 is 0 Å². The summed E-state index contributed by atoms with van der Waals surface area (Å²) < 4.78 is 29.7. The van der Waals surface area contributed by atoms with Crippen molar-refractivity contribution in [1.29, 1.82) is 0 Å². The van der Waals surface area contributed by atoms with E-state index in [-0.39, 0.29) is 5.56 Å². The zero-order valence-electron chi connectivity index (χ0n) is 17.9.